The highest BCUT2D eigenvalue weighted by Gasteiger charge is 2.37. The van der Waals surface area contributed by atoms with Gasteiger partial charge in [-0.1, -0.05) is 78.9 Å². The predicted molar refractivity (Wildman–Crippen MR) is 121 cm³/mol. The second kappa shape index (κ2) is 9.22. The van der Waals surface area contributed by atoms with Gasteiger partial charge in [-0.05, 0) is 23.8 Å². The van der Waals surface area contributed by atoms with Crippen LogP contribution in [0.15, 0.2) is 96.1 Å². The molecule has 0 saturated heterocycles. The number of carbonyl (C=O) groups excluding carboxylic acids is 2. The van der Waals surface area contributed by atoms with E-state index in [0.29, 0.717) is 29.0 Å². The fourth-order valence-electron chi connectivity index (χ4n) is 3.52. The third-order valence-corrected chi connectivity index (χ3v) is 5.11. The average molecular weight is 410 g/mol. The lowest BCUT2D eigenvalue weighted by atomic mass is 9.99. The van der Waals surface area contributed by atoms with Crippen LogP contribution in [0.3, 0.4) is 0 Å². The highest BCUT2D eigenvalue weighted by atomic mass is 16.5. The van der Waals surface area contributed by atoms with Crippen LogP contribution in [-0.4, -0.2) is 35.6 Å². The Hall–Kier alpha value is -3.99. The molecule has 1 heterocycles. The maximum absolute atomic E-state index is 13.4. The molecule has 1 aliphatic rings. The lowest BCUT2D eigenvalue weighted by Crippen LogP contribution is -2.38. The standard InChI is InChI=1S/C26H22N2O3/c1-31-24-15-9-8-14-22(24)26(30)28-23(25(29)20-12-6-3-7-13-20)18-21(27-28)17-16-19-10-4-2-5-11-19/h2-17,23H,18H2,1H3/b17-16+/t23-/m0/s1. The van der Waals surface area contributed by atoms with Crippen LogP contribution in [0, 0.1) is 0 Å². The van der Waals surface area contributed by atoms with Gasteiger partial charge in [-0.25, -0.2) is 5.01 Å². The van der Waals surface area contributed by atoms with Crippen LogP contribution in [0.25, 0.3) is 6.08 Å². The quantitative estimate of drug-likeness (QED) is 0.545. The zero-order valence-corrected chi connectivity index (χ0v) is 17.1. The number of Topliss-reactive ketones (excluding diaryl/α,β-unsaturated/α-hetero) is 1. The van der Waals surface area contributed by atoms with E-state index in [4.69, 9.17) is 4.74 Å². The summed E-state index contributed by atoms with van der Waals surface area (Å²) < 4.78 is 5.34. The monoisotopic (exact) mass is 410 g/mol. The first-order chi connectivity index (χ1) is 15.2. The number of hydrogen-bond donors (Lipinski definition) is 0. The zero-order chi connectivity index (χ0) is 21.6. The number of ether oxygens (including phenoxy) is 1. The molecule has 0 bridgehead atoms. The van der Waals surface area contributed by atoms with Gasteiger partial charge in [-0.15, -0.1) is 0 Å². The smallest absolute Gasteiger partial charge is 0.278 e. The number of benzene rings is 3. The summed E-state index contributed by atoms with van der Waals surface area (Å²) in [4.78, 5) is 26.6. The van der Waals surface area contributed by atoms with Crippen molar-refractivity contribution in [2.75, 3.05) is 7.11 Å². The fraction of sp³-hybridized carbons (Fsp3) is 0.115. The number of nitrogens with zero attached hydrogens (tertiary/aromatic N) is 2. The molecular weight excluding hydrogens is 388 g/mol. The summed E-state index contributed by atoms with van der Waals surface area (Å²) in [7, 11) is 1.51. The lowest BCUT2D eigenvalue weighted by molar-refractivity contribution is 0.0644. The minimum Gasteiger partial charge on any atom is -0.496 e. The van der Waals surface area contributed by atoms with Gasteiger partial charge < -0.3 is 4.74 Å². The third kappa shape index (κ3) is 4.46. The number of rotatable bonds is 6. The van der Waals surface area contributed by atoms with E-state index in [1.165, 1.54) is 12.1 Å². The molecule has 4 rings (SSSR count). The van der Waals surface area contributed by atoms with E-state index >= 15 is 0 Å². The van der Waals surface area contributed by atoms with E-state index in [-0.39, 0.29) is 11.7 Å². The van der Waals surface area contributed by atoms with Crippen molar-refractivity contribution in [2.24, 2.45) is 5.10 Å². The number of ketones is 1. The molecule has 1 aliphatic heterocycles. The molecule has 3 aromatic carbocycles. The molecule has 0 unspecified atom stereocenters. The number of hydrogen-bond acceptors (Lipinski definition) is 4. The Morgan fingerprint density at radius 2 is 1.55 bits per heavy atom. The van der Waals surface area contributed by atoms with Gasteiger partial charge in [0.15, 0.2) is 5.78 Å². The number of methoxy groups -OCH3 is 1. The van der Waals surface area contributed by atoms with Crippen LogP contribution in [0.5, 0.6) is 5.75 Å². The number of para-hydroxylation sites is 1. The normalized spacial score (nSPS) is 15.7. The van der Waals surface area contributed by atoms with Crippen LogP contribution in [0.2, 0.25) is 0 Å². The minimum absolute atomic E-state index is 0.143. The van der Waals surface area contributed by atoms with E-state index in [1.54, 1.807) is 36.4 Å². The molecule has 1 amide bonds. The van der Waals surface area contributed by atoms with Crippen molar-refractivity contribution >= 4 is 23.5 Å². The van der Waals surface area contributed by atoms with Crippen molar-refractivity contribution in [1.82, 2.24) is 5.01 Å². The molecule has 154 valence electrons. The Kier molecular flexibility index (Phi) is 6.03. The third-order valence-electron chi connectivity index (χ3n) is 5.11. The SMILES string of the molecule is COc1ccccc1C(=O)N1N=C(/C=C/c2ccccc2)C[C@H]1C(=O)c1ccccc1. The molecule has 0 fully saturated rings. The summed E-state index contributed by atoms with van der Waals surface area (Å²) in [5.74, 6) is -0.0626. The molecule has 0 aliphatic carbocycles. The Morgan fingerprint density at radius 1 is 0.903 bits per heavy atom. The van der Waals surface area contributed by atoms with Crippen molar-refractivity contribution in [2.45, 2.75) is 12.5 Å². The van der Waals surface area contributed by atoms with Crippen molar-refractivity contribution < 1.29 is 14.3 Å². The molecule has 31 heavy (non-hydrogen) atoms. The lowest BCUT2D eigenvalue weighted by Gasteiger charge is -2.21. The highest BCUT2D eigenvalue weighted by molar-refractivity contribution is 6.11. The van der Waals surface area contributed by atoms with Crippen LogP contribution in [0.1, 0.15) is 32.7 Å². The average Bonchev–Trinajstić information content (AvgIpc) is 3.27. The molecule has 0 N–H and O–H groups in total. The highest BCUT2D eigenvalue weighted by Crippen LogP contribution is 2.27. The fourth-order valence-corrected chi connectivity index (χ4v) is 3.52. The Bertz CT molecular complexity index is 1140. The van der Waals surface area contributed by atoms with Crippen molar-refractivity contribution in [3.8, 4) is 5.75 Å². The summed E-state index contributed by atoms with van der Waals surface area (Å²) in [6.07, 6.45) is 4.13. The van der Waals surface area contributed by atoms with Gasteiger partial charge in [-0.3, -0.25) is 9.59 Å². The zero-order valence-electron chi connectivity index (χ0n) is 17.1. The van der Waals surface area contributed by atoms with Gasteiger partial charge in [0.1, 0.15) is 11.8 Å². The second-order valence-electron chi connectivity index (χ2n) is 7.14. The van der Waals surface area contributed by atoms with Gasteiger partial charge in [-0.2, -0.15) is 5.10 Å². The molecular formula is C26H22N2O3. The van der Waals surface area contributed by atoms with Gasteiger partial charge in [0.2, 0.25) is 0 Å². The molecule has 5 nitrogen and oxygen atoms in total. The molecule has 3 aromatic rings. The van der Waals surface area contributed by atoms with Crippen LogP contribution >= 0.6 is 0 Å². The minimum atomic E-state index is -0.713. The first-order valence-corrected chi connectivity index (χ1v) is 10.0. The van der Waals surface area contributed by atoms with E-state index in [1.807, 2.05) is 60.7 Å². The number of allylic oxidation sites excluding steroid dienone is 1. The maximum atomic E-state index is 13.4. The molecule has 0 saturated carbocycles. The molecule has 0 spiro atoms. The molecule has 0 aromatic heterocycles. The Labute approximate surface area is 181 Å². The number of hydrazone groups is 1. The van der Waals surface area contributed by atoms with E-state index < -0.39 is 6.04 Å². The van der Waals surface area contributed by atoms with Crippen molar-refractivity contribution in [3.63, 3.8) is 0 Å². The van der Waals surface area contributed by atoms with Gasteiger partial charge in [0, 0.05) is 12.0 Å². The number of carbonyl (C=O) groups is 2. The van der Waals surface area contributed by atoms with Crippen molar-refractivity contribution in [1.29, 1.82) is 0 Å². The van der Waals surface area contributed by atoms with Crippen LogP contribution in [0.4, 0.5) is 0 Å². The predicted octanol–water partition coefficient (Wildman–Crippen LogP) is 4.86. The van der Waals surface area contributed by atoms with E-state index in [2.05, 4.69) is 5.10 Å². The molecule has 5 heteroatoms. The van der Waals surface area contributed by atoms with E-state index in [9.17, 15) is 9.59 Å². The summed E-state index contributed by atoms with van der Waals surface area (Å²) in [5, 5.41) is 5.81. The van der Waals surface area contributed by atoms with Gasteiger partial charge in [0.25, 0.3) is 5.91 Å². The summed E-state index contributed by atoms with van der Waals surface area (Å²) in [6, 6.07) is 25.1. The van der Waals surface area contributed by atoms with E-state index in [0.717, 1.165) is 5.56 Å². The van der Waals surface area contributed by atoms with Gasteiger partial charge >= 0.3 is 0 Å². The summed E-state index contributed by atoms with van der Waals surface area (Å²) >= 11 is 0. The Morgan fingerprint density at radius 3 is 2.26 bits per heavy atom. The summed E-state index contributed by atoms with van der Waals surface area (Å²) in [6.45, 7) is 0. The Balaban J connectivity index is 1.67. The summed E-state index contributed by atoms with van der Waals surface area (Å²) in [5.41, 5.74) is 2.61. The van der Waals surface area contributed by atoms with Crippen LogP contribution < -0.4 is 4.74 Å². The maximum Gasteiger partial charge on any atom is 0.278 e. The van der Waals surface area contributed by atoms with Crippen molar-refractivity contribution in [3.05, 3.63) is 108 Å². The molecule has 0 radical (unpaired) electrons. The largest absolute Gasteiger partial charge is 0.496 e. The first kappa shape index (κ1) is 20.3. The second-order valence-corrected chi connectivity index (χ2v) is 7.14. The molecule has 1 atom stereocenters. The topological polar surface area (TPSA) is 59.0 Å². The first-order valence-electron chi connectivity index (χ1n) is 10.0. The number of amides is 1. The van der Waals surface area contributed by atoms with Gasteiger partial charge in [0.05, 0.1) is 18.4 Å². The van der Waals surface area contributed by atoms with Crippen LogP contribution in [-0.2, 0) is 0 Å².